The van der Waals surface area contributed by atoms with Crippen LogP contribution in [0, 0.1) is 0 Å². The summed E-state index contributed by atoms with van der Waals surface area (Å²) >= 11 is 3.33. The fraction of sp³-hybridized carbons (Fsp3) is 0.222. The first-order valence-corrected chi connectivity index (χ1v) is 12.0. The van der Waals surface area contributed by atoms with E-state index in [4.69, 9.17) is 14.2 Å². The highest BCUT2D eigenvalue weighted by molar-refractivity contribution is 9.10. The highest BCUT2D eigenvalue weighted by Gasteiger charge is 2.13. The average molecular weight is 539 g/mol. The molecular formula is C27H27BrN2O5. The zero-order valence-electron chi connectivity index (χ0n) is 19.6. The van der Waals surface area contributed by atoms with E-state index in [1.54, 1.807) is 36.4 Å². The van der Waals surface area contributed by atoms with Crippen LogP contribution < -0.4 is 19.6 Å². The molecule has 0 fully saturated rings. The number of carbonyl (C=O) groups excluding carboxylic acids is 2. The Morgan fingerprint density at radius 2 is 1.83 bits per heavy atom. The Morgan fingerprint density at radius 1 is 1.03 bits per heavy atom. The van der Waals surface area contributed by atoms with E-state index in [0.717, 1.165) is 23.7 Å². The molecule has 8 heteroatoms. The lowest BCUT2D eigenvalue weighted by atomic mass is 10.1. The molecule has 0 aliphatic rings. The third-order valence-corrected chi connectivity index (χ3v) is 5.46. The van der Waals surface area contributed by atoms with Crippen LogP contribution >= 0.6 is 15.9 Å². The van der Waals surface area contributed by atoms with Gasteiger partial charge < -0.3 is 14.2 Å². The number of carbonyl (C=O) groups is 2. The van der Waals surface area contributed by atoms with Gasteiger partial charge in [0.25, 0.3) is 5.91 Å². The van der Waals surface area contributed by atoms with Crippen LogP contribution in [0.4, 0.5) is 0 Å². The molecule has 0 bridgehead atoms. The van der Waals surface area contributed by atoms with Crippen molar-refractivity contribution < 1.29 is 23.8 Å². The Morgan fingerprint density at radius 3 is 2.54 bits per heavy atom. The number of nitrogens with zero attached hydrogens (tertiary/aromatic N) is 1. The number of esters is 1. The summed E-state index contributed by atoms with van der Waals surface area (Å²) in [5.41, 5.74) is 4.73. The Labute approximate surface area is 213 Å². The fourth-order valence-corrected chi connectivity index (χ4v) is 3.52. The first-order valence-electron chi connectivity index (χ1n) is 11.2. The lowest BCUT2D eigenvalue weighted by Crippen LogP contribution is -2.24. The molecular weight excluding hydrogens is 512 g/mol. The summed E-state index contributed by atoms with van der Waals surface area (Å²) in [7, 11) is 1.47. The summed E-state index contributed by atoms with van der Waals surface area (Å²) in [4.78, 5) is 24.4. The second kappa shape index (κ2) is 13.3. The topological polar surface area (TPSA) is 86.2 Å². The molecule has 1 amide bonds. The third-order valence-electron chi connectivity index (χ3n) is 4.97. The Bertz CT molecular complexity index is 1180. The smallest absolute Gasteiger partial charge is 0.343 e. The number of nitrogens with one attached hydrogen (secondary N) is 1. The molecule has 0 atom stereocenters. The fourth-order valence-electron chi connectivity index (χ4n) is 3.12. The largest absolute Gasteiger partial charge is 0.493 e. The van der Waals surface area contributed by atoms with E-state index >= 15 is 0 Å². The molecule has 0 radical (unpaired) electrons. The van der Waals surface area contributed by atoms with Gasteiger partial charge >= 0.3 is 5.97 Å². The lowest BCUT2D eigenvalue weighted by Gasteiger charge is -2.10. The van der Waals surface area contributed by atoms with Gasteiger partial charge in [0.15, 0.2) is 18.1 Å². The summed E-state index contributed by atoms with van der Waals surface area (Å²) in [6.45, 7) is 2.01. The van der Waals surface area contributed by atoms with Crippen molar-refractivity contribution in [2.75, 3.05) is 13.7 Å². The predicted octanol–water partition coefficient (Wildman–Crippen LogP) is 5.55. The summed E-state index contributed by atoms with van der Waals surface area (Å²) in [6, 6.07) is 19.6. The molecule has 3 rings (SSSR count). The number of hydrazone groups is 1. The van der Waals surface area contributed by atoms with Crippen molar-refractivity contribution in [3.63, 3.8) is 0 Å². The number of unbranched alkanes of at least 4 members (excludes halogenated alkanes) is 1. The maximum absolute atomic E-state index is 12.4. The number of hydrogen-bond donors (Lipinski definition) is 1. The van der Waals surface area contributed by atoms with E-state index < -0.39 is 5.97 Å². The van der Waals surface area contributed by atoms with Crippen molar-refractivity contribution in [1.29, 1.82) is 0 Å². The Balaban J connectivity index is 1.51. The second-order valence-electron chi connectivity index (χ2n) is 7.64. The zero-order valence-corrected chi connectivity index (χ0v) is 21.2. The van der Waals surface area contributed by atoms with E-state index in [9.17, 15) is 9.59 Å². The minimum atomic E-state index is -0.506. The van der Waals surface area contributed by atoms with Gasteiger partial charge in [0.2, 0.25) is 0 Å². The van der Waals surface area contributed by atoms with Gasteiger partial charge in [0.1, 0.15) is 5.75 Å². The molecule has 0 saturated heterocycles. The molecule has 0 aliphatic heterocycles. The number of amides is 1. The van der Waals surface area contributed by atoms with E-state index in [0.29, 0.717) is 22.6 Å². The number of ether oxygens (including phenoxy) is 3. The van der Waals surface area contributed by atoms with Crippen molar-refractivity contribution >= 4 is 34.0 Å². The number of methoxy groups -OCH3 is 1. The molecule has 3 aromatic rings. The van der Waals surface area contributed by atoms with Crippen LogP contribution in [0.25, 0.3) is 0 Å². The molecule has 35 heavy (non-hydrogen) atoms. The van der Waals surface area contributed by atoms with Crippen molar-refractivity contribution in [1.82, 2.24) is 5.43 Å². The summed E-state index contributed by atoms with van der Waals surface area (Å²) in [6.07, 6.45) is 4.79. The molecule has 0 saturated carbocycles. The van der Waals surface area contributed by atoms with Gasteiger partial charge in [-0.05, 0) is 72.5 Å². The summed E-state index contributed by atoms with van der Waals surface area (Å²) < 4.78 is 17.1. The number of hydrogen-bond acceptors (Lipinski definition) is 6. The normalized spacial score (nSPS) is 10.7. The molecule has 3 aromatic carbocycles. The SMILES string of the molecule is CCCCc1ccc(OCC(=O)N/N=C/c2ccc(OC(=O)c3cccc(Br)c3)c(OC)c2)cc1. The molecule has 1 N–H and O–H groups in total. The quantitative estimate of drug-likeness (QED) is 0.150. The number of halogens is 1. The monoisotopic (exact) mass is 538 g/mol. The predicted molar refractivity (Wildman–Crippen MR) is 138 cm³/mol. The minimum Gasteiger partial charge on any atom is -0.493 e. The van der Waals surface area contributed by atoms with Crippen LogP contribution in [-0.2, 0) is 11.2 Å². The van der Waals surface area contributed by atoms with Gasteiger partial charge in [-0.3, -0.25) is 4.79 Å². The molecule has 7 nitrogen and oxygen atoms in total. The van der Waals surface area contributed by atoms with Gasteiger partial charge in [-0.15, -0.1) is 0 Å². The molecule has 0 aromatic heterocycles. The number of aryl methyl sites for hydroxylation is 1. The lowest BCUT2D eigenvalue weighted by molar-refractivity contribution is -0.123. The standard InChI is InChI=1S/C27H27BrN2O5/c1-3-4-6-19-9-12-23(13-10-19)34-18-26(31)30-29-17-20-11-14-24(25(15-20)33-2)35-27(32)21-7-5-8-22(28)16-21/h5,7-17H,3-4,6,18H2,1-2H3,(H,30,31)/b29-17+. The molecule has 182 valence electrons. The van der Waals surface area contributed by atoms with Gasteiger partial charge in [-0.2, -0.15) is 5.10 Å². The average Bonchev–Trinajstić information content (AvgIpc) is 2.87. The van der Waals surface area contributed by atoms with Gasteiger partial charge in [0, 0.05) is 4.47 Å². The Kier molecular flexibility index (Phi) is 9.86. The molecule has 0 unspecified atom stereocenters. The van der Waals surface area contributed by atoms with Crippen LogP contribution in [0.3, 0.4) is 0 Å². The molecule has 0 spiro atoms. The van der Waals surface area contributed by atoms with Crippen molar-refractivity contribution in [2.45, 2.75) is 26.2 Å². The second-order valence-corrected chi connectivity index (χ2v) is 8.56. The van der Waals surface area contributed by atoms with Crippen LogP contribution in [0.15, 0.2) is 76.3 Å². The van der Waals surface area contributed by atoms with Crippen LogP contribution in [0.1, 0.15) is 41.3 Å². The maximum Gasteiger partial charge on any atom is 0.343 e. The van der Waals surface area contributed by atoms with Crippen molar-refractivity contribution in [3.05, 3.63) is 87.9 Å². The van der Waals surface area contributed by atoms with Crippen LogP contribution in [0.2, 0.25) is 0 Å². The van der Waals surface area contributed by atoms with Crippen molar-refractivity contribution in [2.24, 2.45) is 5.10 Å². The summed E-state index contributed by atoms with van der Waals surface area (Å²) in [5, 5.41) is 3.95. The highest BCUT2D eigenvalue weighted by atomic mass is 79.9. The van der Waals surface area contributed by atoms with Crippen molar-refractivity contribution in [3.8, 4) is 17.2 Å². The maximum atomic E-state index is 12.4. The van der Waals surface area contributed by atoms with E-state index in [1.807, 2.05) is 30.3 Å². The summed E-state index contributed by atoms with van der Waals surface area (Å²) in [5.74, 6) is 0.362. The zero-order chi connectivity index (χ0) is 25.0. The number of rotatable bonds is 11. The third kappa shape index (κ3) is 8.26. The van der Waals surface area contributed by atoms with E-state index in [2.05, 4.69) is 33.4 Å². The van der Waals surface area contributed by atoms with Gasteiger partial charge in [-0.25, -0.2) is 10.2 Å². The molecule has 0 aliphatic carbocycles. The highest BCUT2D eigenvalue weighted by Crippen LogP contribution is 2.28. The van der Waals surface area contributed by atoms with Crippen LogP contribution in [0.5, 0.6) is 17.2 Å². The minimum absolute atomic E-state index is 0.153. The van der Waals surface area contributed by atoms with E-state index in [-0.39, 0.29) is 18.3 Å². The first-order chi connectivity index (χ1) is 17.0. The van der Waals surface area contributed by atoms with Gasteiger partial charge in [0.05, 0.1) is 18.9 Å². The van der Waals surface area contributed by atoms with E-state index in [1.165, 1.54) is 18.9 Å². The van der Waals surface area contributed by atoms with Gasteiger partial charge in [-0.1, -0.05) is 47.5 Å². The number of benzene rings is 3. The first kappa shape index (κ1) is 26.0. The van der Waals surface area contributed by atoms with Crippen LogP contribution in [-0.4, -0.2) is 31.8 Å². The Hall–Kier alpha value is -3.65. The molecule has 0 heterocycles.